The fourth-order valence-electron chi connectivity index (χ4n) is 7.73. The summed E-state index contributed by atoms with van der Waals surface area (Å²) < 4.78 is 11.3. The molecule has 228 valence electrons. The zero-order chi connectivity index (χ0) is 32.1. The first-order chi connectivity index (χ1) is 23.0. The molecule has 47 heavy (non-hydrogen) atoms. The smallest absolute Gasteiger partial charge is 0.118 e. The van der Waals surface area contributed by atoms with Crippen LogP contribution in [0.25, 0.3) is 66.4 Å². The van der Waals surface area contributed by atoms with Gasteiger partial charge in [-0.3, -0.25) is 0 Å². The van der Waals surface area contributed by atoms with E-state index in [1.807, 2.05) is 0 Å². The fraction of sp³-hybridized carbons (Fsp3) is 0.0909. The molecular weight excluding hydrogens is 589 g/mol. The van der Waals surface area contributed by atoms with E-state index in [4.69, 9.17) is 9.47 Å². The van der Waals surface area contributed by atoms with Gasteiger partial charge in [-0.15, -0.1) is 0 Å². The lowest BCUT2D eigenvalue weighted by Gasteiger charge is -2.39. The van der Waals surface area contributed by atoms with Crippen molar-refractivity contribution in [2.24, 2.45) is 0 Å². The summed E-state index contributed by atoms with van der Waals surface area (Å²) in [5.41, 5.74) is 12.5. The van der Waals surface area contributed by atoms with E-state index >= 15 is 0 Å². The Morgan fingerprint density at radius 1 is 0.404 bits per heavy atom. The molecule has 8 rings (SSSR count). The Balaban J connectivity index is 1.68. The average Bonchev–Trinajstić information content (AvgIpc) is 3.13. The highest BCUT2D eigenvalue weighted by molar-refractivity contribution is 7.04. The van der Waals surface area contributed by atoms with Crippen LogP contribution in [0.4, 0.5) is 0 Å². The normalized spacial score (nSPS) is 12.9. The molecule has 2 nitrogen and oxygen atoms in total. The van der Waals surface area contributed by atoms with Crippen LogP contribution in [0.1, 0.15) is 0 Å². The molecule has 3 heteroatoms. The van der Waals surface area contributed by atoms with Crippen LogP contribution in [0, 0.1) is 0 Å². The van der Waals surface area contributed by atoms with E-state index in [0.29, 0.717) is 0 Å². The molecule has 0 unspecified atom stereocenters. The molecule has 7 aromatic rings. The molecule has 0 spiro atoms. The second-order valence-corrected chi connectivity index (χ2v) is 17.1. The fourth-order valence-corrected chi connectivity index (χ4v) is 11.2. The van der Waals surface area contributed by atoms with Gasteiger partial charge in [-0.2, -0.15) is 0 Å². The van der Waals surface area contributed by atoms with Crippen LogP contribution in [-0.4, -0.2) is 22.3 Å². The molecule has 0 saturated heterocycles. The lowest BCUT2D eigenvalue weighted by Crippen LogP contribution is -2.57. The van der Waals surface area contributed by atoms with E-state index in [0.717, 1.165) is 22.6 Å². The predicted octanol–water partition coefficient (Wildman–Crippen LogP) is 10.3. The molecule has 0 aromatic heterocycles. The molecule has 0 atom stereocenters. The van der Waals surface area contributed by atoms with Gasteiger partial charge in [-0.05, 0) is 101 Å². The molecule has 1 heterocycles. The van der Waals surface area contributed by atoms with Gasteiger partial charge in [-0.25, -0.2) is 0 Å². The number of rotatable bonds is 6. The third-order valence-electron chi connectivity index (χ3n) is 9.85. The van der Waals surface area contributed by atoms with Gasteiger partial charge in [-0.1, -0.05) is 134 Å². The predicted molar refractivity (Wildman–Crippen MR) is 201 cm³/mol. The number of methoxy groups -OCH3 is 2. The maximum Gasteiger partial charge on any atom is 0.118 e. The van der Waals surface area contributed by atoms with Crippen molar-refractivity contribution in [1.29, 1.82) is 0 Å². The first-order valence-corrected chi connectivity index (χ1v) is 19.2. The summed E-state index contributed by atoms with van der Waals surface area (Å²) >= 11 is 0. The minimum atomic E-state index is -2.32. The molecule has 0 N–H and O–H groups in total. The van der Waals surface area contributed by atoms with Gasteiger partial charge in [0.15, 0.2) is 0 Å². The van der Waals surface area contributed by atoms with Crippen LogP contribution in [0.5, 0.6) is 11.5 Å². The lowest BCUT2D eigenvalue weighted by molar-refractivity contribution is 0.414. The van der Waals surface area contributed by atoms with Crippen molar-refractivity contribution >= 4 is 29.2 Å². The van der Waals surface area contributed by atoms with Gasteiger partial charge in [0, 0.05) is 0 Å². The summed E-state index contributed by atoms with van der Waals surface area (Å²) in [5, 5.41) is 5.67. The Labute approximate surface area is 277 Å². The molecule has 0 saturated carbocycles. The Hall–Kier alpha value is -5.38. The largest absolute Gasteiger partial charge is 0.497 e. The van der Waals surface area contributed by atoms with Crippen molar-refractivity contribution in [3.05, 3.63) is 146 Å². The van der Waals surface area contributed by atoms with Gasteiger partial charge < -0.3 is 9.47 Å². The second kappa shape index (κ2) is 11.4. The average molecular weight is 625 g/mol. The summed E-state index contributed by atoms with van der Waals surface area (Å²) in [7, 11) is 1.14. The van der Waals surface area contributed by atoms with Gasteiger partial charge in [0.05, 0.1) is 14.2 Å². The van der Waals surface area contributed by atoms with E-state index < -0.39 is 8.07 Å². The zero-order valence-electron chi connectivity index (χ0n) is 27.2. The zero-order valence-corrected chi connectivity index (χ0v) is 28.2. The number of hydrogen-bond acceptors (Lipinski definition) is 2. The molecule has 7 aromatic carbocycles. The van der Waals surface area contributed by atoms with Gasteiger partial charge in [0.25, 0.3) is 0 Å². The maximum absolute atomic E-state index is 5.64. The van der Waals surface area contributed by atoms with Crippen LogP contribution in [0.3, 0.4) is 0 Å². The topological polar surface area (TPSA) is 18.5 Å². The van der Waals surface area contributed by atoms with Crippen LogP contribution in [-0.2, 0) is 0 Å². The third-order valence-corrected chi connectivity index (χ3v) is 13.4. The van der Waals surface area contributed by atoms with E-state index in [1.54, 1.807) is 14.2 Å². The highest BCUT2D eigenvalue weighted by Crippen LogP contribution is 2.52. The first kappa shape index (κ1) is 29.0. The van der Waals surface area contributed by atoms with Crippen molar-refractivity contribution in [2.75, 3.05) is 14.2 Å². The molecular formula is C44H36O2Si. The number of hydrogen-bond donors (Lipinski definition) is 0. The van der Waals surface area contributed by atoms with Crippen LogP contribution < -0.4 is 19.8 Å². The van der Waals surface area contributed by atoms with E-state index in [1.165, 1.54) is 65.7 Å². The van der Waals surface area contributed by atoms with Gasteiger partial charge >= 0.3 is 0 Å². The summed E-state index contributed by atoms with van der Waals surface area (Å²) in [6.45, 7) is 5.09. The summed E-state index contributed by atoms with van der Waals surface area (Å²) in [6.07, 6.45) is 0. The monoisotopic (exact) mass is 624 g/mol. The van der Waals surface area contributed by atoms with E-state index in [-0.39, 0.29) is 0 Å². The van der Waals surface area contributed by atoms with Crippen LogP contribution >= 0.6 is 0 Å². The first-order valence-electron chi connectivity index (χ1n) is 16.2. The molecule has 1 aliphatic rings. The molecule has 0 fully saturated rings. The van der Waals surface area contributed by atoms with Crippen molar-refractivity contribution in [1.82, 2.24) is 0 Å². The molecule has 1 aliphatic heterocycles. The number of benzene rings is 7. The Morgan fingerprint density at radius 2 is 0.851 bits per heavy atom. The Morgan fingerprint density at radius 3 is 1.38 bits per heavy atom. The maximum atomic E-state index is 5.64. The lowest BCUT2D eigenvalue weighted by atomic mass is 9.78. The summed E-state index contributed by atoms with van der Waals surface area (Å²) in [5.74, 6) is 1.69. The number of fused-ring (bicyclic) bond motifs is 2. The van der Waals surface area contributed by atoms with Crippen molar-refractivity contribution in [2.45, 2.75) is 13.1 Å². The minimum Gasteiger partial charge on any atom is -0.497 e. The van der Waals surface area contributed by atoms with Crippen LogP contribution in [0.15, 0.2) is 146 Å². The molecule has 0 amide bonds. The van der Waals surface area contributed by atoms with Gasteiger partial charge in [0.2, 0.25) is 0 Å². The SMILES string of the molecule is COc1ccc(-c2c(-c3ccc(OC)cc3)c(-c3ccccc3)c3c(c2-c2ccccc2)-c2cccc4cccc(c24)[Si]3(C)C)cc1. The second-order valence-electron chi connectivity index (χ2n) is 12.8. The van der Waals surface area contributed by atoms with E-state index in [9.17, 15) is 0 Å². The Kier molecular flexibility index (Phi) is 7.08. The standard InChI is InChI=1S/C44H36O2Si/c1-45-34-25-21-32(22-26-34)39-40(33-23-27-35(46-2)28-24-33)42(31-15-9-6-10-16-31)44-43(41(39)30-13-7-5-8-14-30)36-19-11-17-29-18-12-20-37(38(29)36)47(44,3)4/h5-28H,1-4H3. The Bertz CT molecular complexity index is 2250. The van der Waals surface area contributed by atoms with Crippen molar-refractivity contribution in [3.8, 4) is 67.1 Å². The van der Waals surface area contributed by atoms with Crippen LogP contribution in [0.2, 0.25) is 13.1 Å². The molecule has 0 radical (unpaired) electrons. The highest BCUT2D eigenvalue weighted by atomic mass is 28.3. The number of ether oxygens (including phenoxy) is 2. The minimum absolute atomic E-state index is 0.842. The molecule has 0 bridgehead atoms. The van der Waals surface area contributed by atoms with Gasteiger partial charge in [0.1, 0.15) is 19.6 Å². The quantitative estimate of drug-likeness (QED) is 0.171. The summed E-state index contributed by atoms with van der Waals surface area (Å²) in [6, 6.07) is 53.0. The summed E-state index contributed by atoms with van der Waals surface area (Å²) in [4.78, 5) is 0. The third kappa shape index (κ3) is 4.61. The van der Waals surface area contributed by atoms with E-state index in [2.05, 4.69) is 159 Å². The van der Waals surface area contributed by atoms with Crippen molar-refractivity contribution in [3.63, 3.8) is 0 Å². The molecule has 0 aliphatic carbocycles. The highest BCUT2D eigenvalue weighted by Gasteiger charge is 2.41. The van der Waals surface area contributed by atoms with Crippen molar-refractivity contribution < 1.29 is 9.47 Å².